The second-order valence-electron chi connectivity index (χ2n) is 6.24. The van der Waals surface area contributed by atoms with Crippen molar-refractivity contribution in [3.8, 4) is 0 Å². The number of hydrogen-bond donors (Lipinski definition) is 1. The Bertz CT molecular complexity index is 862. The maximum atomic E-state index is 12.5. The molecule has 1 aliphatic heterocycles. The number of benzene rings is 1. The van der Waals surface area contributed by atoms with E-state index in [4.69, 9.17) is 0 Å². The van der Waals surface area contributed by atoms with E-state index < -0.39 is 10.0 Å². The normalized spacial score (nSPS) is 18.2. The third kappa shape index (κ3) is 4.43. The Hall–Kier alpha value is -1.38. The van der Waals surface area contributed by atoms with Gasteiger partial charge in [0.2, 0.25) is 0 Å². The van der Waals surface area contributed by atoms with Gasteiger partial charge in [-0.1, -0.05) is 6.92 Å². The molecule has 1 amide bonds. The van der Waals surface area contributed by atoms with Crippen LogP contribution in [0.2, 0.25) is 0 Å². The van der Waals surface area contributed by atoms with Crippen molar-refractivity contribution in [1.82, 2.24) is 4.90 Å². The van der Waals surface area contributed by atoms with E-state index in [0.29, 0.717) is 17.2 Å². The molecule has 1 unspecified atom stereocenters. The average Bonchev–Trinajstić information content (AvgIpc) is 3.02. The summed E-state index contributed by atoms with van der Waals surface area (Å²) in [6.45, 7) is 3.71. The summed E-state index contributed by atoms with van der Waals surface area (Å²) in [5, 5.41) is 0. The number of anilines is 1. The molecule has 2 aromatic rings. The maximum Gasteiger partial charge on any atom is 0.271 e. The van der Waals surface area contributed by atoms with Gasteiger partial charge in [0.25, 0.3) is 15.9 Å². The van der Waals surface area contributed by atoms with Gasteiger partial charge in [-0.25, -0.2) is 8.42 Å². The van der Waals surface area contributed by atoms with Crippen molar-refractivity contribution in [2.45, 2.75) is 24.0 Å². The molecule has 2 heterocycles. The van der Waals surface area contributed by atoms with E-state index in [0.717, 1.165) is 41.1 Å². The van der Waals surface area contributed by atoms with Gasteiger partial charge < -0.3 is 4.90 Å². The lowest BCUT2D eigenvalue weighted by Crippen LogP contribution is -2.39. The van der Waals surface area contributed by atoms with Crippen LogP contribution in [0.3, 0.4) is 0 Å². The zero-order chi connectivity index (χ0) is 18.0. The second-order valence-corrected chi connectivity index (χ2v) is 10.6. The molecule has 25 heavy (non-hydrogen) atoms. The van der Waals surface area contributed by atoms with Crippen molar-refractivity contribution in [2.24, 2.45) is 5.92 Å². The van der Waals surface area contributed by atoms with E-state index in [2.05, 4.69) is 27.6 Å². The largest absolute Gasteiger partial charge is 0.338 e. The summed E-state index contributed by atoms with van der Waals surface area (Å²) in [7, 11) is -3.61. The van der Waals surface area contributed by atoms with Gasteiger partial charge >= 0.3 is 0 Å². The zero-order valence-corrected chi connectivity index (χ0v) is 17.0. The van der Waals surface area contributed by atoms with E-state index in [9.17, 15) is 13.2 Å². The fraction of sp³-hybridized carbons (Fsp3) is 0.353. The predicted molar refractivity (Wildman–Crippen MR) is 104 cm³/mol. The van der Waals surface area contributed by atoms with E-state index >= 15 is 0 Å². The summed E-state index contributed by atoms with van der Waals surface area (Å²) >= 11 is 4.41. The number of sulfonamides is 1. The summed E-state index contributed by atoms with van der Waals surface area (Å²) in [5.74, 6) is 0.525. The lowest BCUT2D eigenvalue weighted by molar-refractivity contribution is 0.0683. The number of amides is 1. The topological polar surface area (TPSA) is 66.5 Å². The SMILES string of the molecule is CC1CCCN(C(=O)c2ccc(NS(=O)(=O)c3ccc(Br)s3)cc2)C1. The Kier molecular flexibility index (Phi) is 5.50. The molecular formula is C17H19BrN2O3S2. The van der Waals surface area contributed by atoms with E-state index in [1.807, 2.05) is 4.90 Å². The molecule has 0 radical (unpaired) electrons. The number of hydrogen-bond acceptors (Lipinski definition) is 4. The highest BCUT2D eigenvalue weighted by molar-refractivity contribution is 9.11. The number of likely N-dealkylation sites (tertiary alicyclic amines) is 1. The van der Waals surface area contributed by atoms with Gasteiger partial charge in [-0.3, -0.25) is 9.52 Å². The molecule has 0 bridgehead atoms. The number of thiophene rings is 1. The number of rotatable bonds is 4. The molecular weight excluding hydrogens is 424 g/mol. The van der Waals surface area contributed by atoms with Crippen LogP contribution < -0.4 is 4.72 Å². The van der Waals surface area contributed by atoms with Crippen molar-refractivity contribution in [3.63, 3.8) is 0 Å². The second kappa shape index (κ2) is 7.47. The first-order chi connectivity index (χ1) is 11.8. The van der Waals surface area contributed by atoms with E-state index in [1.165, 1.54) is 0 Å². The van der Waals surface area contributed by atoms with Crippen LogP contribution in [0, 0.1) is 5.92 Å². The molecule has 0 aliphatic carbocycles. The fourth-order valence-corrected chi connectivity index (χ4v) is 5.95. The van der Waals surface area contributed by atoms with Crippen molar-refractivity contribution in [2.75, 3.05) is 17.8 Å². The van der Waals surface area contributed by atoms with Crippen LogP contribution in [-0.2, 0) is 10.0 Å². The predicted octanol–water partition coefficient (Wildman–Crippen LogP) is 4.18. The number of halogens is 1. The molecule has 1 aromatic heterocycles. The first-order valence-electron chi connectivity index (χ1n) is 8.02. The smallest absolute Gasteiger partial charge is 0.271 e. The van der Waals surface area contributed by atoms with Crippen molar-refractivity contribution in [3.05, 3.63) is 45.7 Å². The lowest BCUT2D eigenvalue weighted by atomic mass is 9.99. The van der Waals surface area contributed by atoms with Crippen LogP contribution in [0.1, 0.15) is 30.1 Å². The molecule has 1 saturated heterocycles. The summed E-state index contributed by atoms with van der Waals surface area (Å²) in [4.78, 5) is 14.4. The van der Waals surface area contributed by atoms with Crippen LogP contribution >= 0.6 is 27.3 Å². The molecule has 1 fully saturated rings. The van der Waals surface area contributed by atoms with Crippen LogP contribution in [0.25, 0.3) is 0 Å². The Labute approximate surface area is 160 Å². The Morgan fingerprint density at radius 3 is 2.56 bits per heavy atom. The molecule has 0 saturated carbocycles. The van der Waals surface area contributed by atoms with E-state index in [1.54, 1.807) is 36.4 Å². The quantitative estimate of drug-likeness (QED) is 0.771. The first-order valence-corrected chi connectivity index (χ1v) is 11.1. The highest BCUT2D eigenvalue weighted by Gasteiger charge is 2.22. The van der Waals surface area contributed by atoms with Gasteiger partial charge in [-0.15, -0.1) is 11.3 Å². The van der Waals surface area contributed by atoms with Gasteiger partial charge in [0.05, 0.1) is 3.79 Å². The highest BCUT2D eigenvalue weighted by Crippen LogP contribution is 2.27. The van der Waals surface area contributed by atoms with Gasteiger partial charge in [0.15, 0.2) is 0 Å². The minimum absolute atomic E-state index is 0.00291. The molecule has 1 N–H and O–H groups in total. The number of nitrogens with zero attached hydrogens (tertiary/aromatic N) is 1. The van der Waals surface area contributed by atoms with Crippen molar-refractivity contribution < 1.29 is 13.2 Å². The van der Waals surface area contributed by atoms with Crippen LogP contribution in [0.4, 0.5) is 5.69 Å². The third-order valence-corrected chi connectivity index (χ3v) is 7.64. The summed E-state index contributed by atoms with van der Waals surface area (Å²) in [5.41, 5.74) is 1.02. The molecule has 1 aromatic carbocycles. The minimum Gasteiger partial charge on any atom is -0.338 e. The standard InChI is InChI=1S/C17H19BrN2O3S2/c1-12-3-2-10-20(11-12)17(21)13-4-6-14(7-5-13)19-25(22,23)16-9-8-15(18)24-16/h4-9,12,19H,2-3,10-11H2,1H3. The molecule has 0 spiro atoms. The first kappa shape index (κ1) is 18.4. The van der Waals surface area contributed by atoms with E-state index in [-0.39, 0.29) is 10.1 Å². The summed E-state index contributed by atoms with van der Waals surface area (Å²) in [6.07, 6.45) is 2.19. The van der Waals surface area contributed by atoms with Crippen LogP contribution in [-0.4, -0.2) is 32.3 Å². The van der Waals surface area contributed by atoms with Crippen LogP contribution in [0.5, 0.6) is 0 Å². The van der Waals surface area contributed by atoms with Gasteiger partial charge in [-0.2, -0.15) is 0 Å². The molecule has 1 atom stereocenters. The van der Waals surface area contributed by atoms with Gasteiger partial charge in [-0.05, 0) is 71.1 Å². The Balaban J connectivity index is 1.71. The highest BCUT2D eigenvalue weighted by atomic mass is 79.9. The molecule has 134 valence electrons. The molecule has 8 heteroatoms. The van der Waals surface area contributed by atoms with Crippen molar-refractivity contribution in [1.29, 1.82) is 0 Å². The molecule has 1 aliphatic rings. The number of carbonyl (C=O) groups excluding carboxylic acids is 1. The monoisotopic (exact) mass is 442 g/mol. The number of piperidine rings is 1. The third-order valence-electron chi connectivity index (χ3n) is 4.14. The summed E-state index contributed by atoms with van der Waals surface area (Å²) in [6, 6.07) is 9.84. The lowest BCUT2D eigenvalue weighted by Gasteiger charge is -2.31. The van der Waals surface area contributed by atoms with Gasteiger partial charge in [0, 0.05) is 24.3 Å². The molecule has 5 nitrogen and oxygen atoms in total. The Morgan fingerprint density at radius 2 is 1.96 bits per heavy atom. The zero-order valence-electron chi connectivity index (χ0n) is 13.7. The maximum absolute atomic E-state index is 12.5. The van der Waals surface area contributed by atoms with Crippen molar-refractivity contribution >= 4 is 48.9 Å². The van der Waals surface area contributed by atoms with Gasteiger partial charge in [0.1, 0.15) is 4.21 Å². The minimum atomic E-state index is -3.61. The molecule has 3 rings (SSSR count). The summed E-state index contributed by atoms with van der Waals surface area (Å²) < 4.78 is 28.2. The average molecular weight is 443 g/mol. The van der Waals surface area contributed by atoms with Crippen LogP contribution in [0.15, 0.2) is 44.4 Å². The number of carbonyl (C=O) groups is 1. The Morgan fingerprint density at radius 1 is 1.24 bits per heavy atom. The number of nitrogens with one attached hydrogen (secondary N) is 1. The fourth-order valence-electron chi connectivity index (χ4n) is 2.88.